The van der Waals surface area contributed by atoms with E-state index in [0.717, 1.165) is 12.8 Å². The Labute approximate surface area is 241 Å². The highest BCUT2D eigenvalue weighted by Gasteiger charge is 2.29. The third-order valence-corrected chi connectivity index (χ3v) is 7.01. The van der Waals surface area contributed by atoms with E-state index in [2.05, 4.69) is 10.3 Å². The lowest BCUT2D eigenvalue weighted by Gasteiger charge is -2.34. The van der Waals surface area contributed by atoms with Crippen molar-refractivity contribution in [2.45, 2.75) is 51.8 Å². The first-order valence-corrected chi connectivity index (χ1v) is 13.7. The quantitative estimate of drug-likeness (QED) is 0.331. The SMILES string of the molecule is Cn1c(Oc2ccccc2)nc2nc(N3CCC[C@@H](NC(=O)OC(C)(C)C)C3)n(Cc3cc(F)ccc3Cl)c2c1=O. The van der Waals surface area contributed by atoms with Crippen LogP contribution < -0.4 is 20.5 Å². The number of rotatable bonds is 6. The molecule has 5 rings (SSSR count). The summed E-state index contributed by atoms with van der Waals surface area (Å²) in [4.78, 5) is 37.5. The molecular weight excluding hydrogens is 551 g/mol. The fraction of sp³-hybridized carbons (Fsp3) is 0.379. The smallest absolute Gasteiger partial charge is 0.407 e. The number of benzene rings is 2. The van der Waals surface area contributed by atoms with E-state index in [1.807, 2.05) is 43.9 Å². The number of nitrogens with one attached hydrogen (secondary N) is 1. The molecule has 0 unspecified atom stereocenters. The number of para-hydroxylation sites is 1. The summed E-state index contributed by atoms with van der Waals surface area (Å²) in [5.74, 6) is 0.532. The number of aromatic nitrogens is 4. The highest BCUT2D eigenvalue weighted by Crippen LogP contribution is 2.28. The number of carbonyl (C=O) groups excluding carboxylic acids is 1. The third-order valence-electron chi connectivity index (χ3n) is 6.64. The Balaban J connectivity index is 1.56. The summed E-state index contributed by atoms with van der Waals surface area (Å²) in [5.41, 5.74) is -0.108. The second-order valence-corrected chi connectivity index (χ2v) is 11.4. The number of carbonyl (C=O) groups is 1. The van der Waals surface area contributed by atoms with Crippen molar-refractivity contribution in [3.8, 4) is 11.8 Å². The fourth-order valence-electron chi connectivity index (χ4n) is 4.79. The number of imidazole rings is 1. The van der Waals surface area contributed by atoms with Gasteiger partial charge >= 0.3 is 12.1 Å². The predicted molar refractivity (Wildman–Crippen MR) is 154 cm³/mol. The molecule has 4 aromatic rings. The van der Waals surface area contributed by atoms with Crippen molar-refractivity contribution in [2.75, 3.05) is 18.0 Å². The first-order chi connectivity index (χ1) is 19.5. The molecule has 1 fully saturated rings. The average Bonchev–Trinajstić information content (AvgIpc) is 3.27. The van der Waals surface area contributed by atoms with E-state index in [9.17, 15) is 14.0 Å². The average molecular weight is 583 g/mol. The van der Waals surface area contributed by atoms with Gasteiger partial charge in [0, 0.05) is 31.2 Å². The van der Waals surface area contributed by atoms with Crippen LogP contribution in [0.3, 0.4) is 0 Å². The second kappa shape index (κ2) is 11.4. The van der Waals surface area contributed by atoms with E-state index in [1.54, 1.807) is 23.7 Å². The monoisotopic (exact) mass is 582 g/mol. The predicted octanol–water partition coefficient (Wildman–Crippen LogP) is 5.26. The van der Waals surface area contributed by atoms with Crippen LogP contribution in [0.4, 0.5) is 15.1 Å². The normalized spacial score (nSPS) is 15.7. The van der Waals surface area contributed by atoms with Crippen LogP contribution in [-0.2, 0) is 18.3 Å². The lowest BCUT2D eigenvalue weighted by atomic mass is 10.1. The minimum absolute atomic E-state index is 0.0804. The van der Waals surface area contributed by atoms with E-state index in [-0.39, 0.29) is 35.3 Å². The zero-order chi connectivity index (χ0) is 29.3. The van der Waals surface area contributed by atoms with E-state index in [4.69, 9.17) is 26.1 Å². The van der Waals surface area contributed by atoms with Crippen molar-refractivity contribution in [3.63, 3.8) is 0 Å². The number of alkyl carbamates (subject to hydrolysis) is 1. The Bertz CT molecular complexity index is 1630. The van der Waals surface area contributed by atoms with Gasteiger partial charge in [0.1, 0.15) is 17.2 Å². The van der Waals surface area contributed by atoms with Gasteiger partial charge in [0.25, 0.3) is 5.56 Å². The van der Waals surface area contributed by atoms with Gasteiger partial charge in [-0.05, 0) is 69.5 Å². The van der Waals surface area contributed by atoms with Crippen LogP contribution in [0, 0.1) is 5.82 Å². The van der Waals surface area contributed by atoms with Crippen LogP contribution in [0.25, 0.3) is 11.2 Å². The van der Waals surface area contributed by atoms with Gasteiger partial charge < -0.3 is 19.7 Å². The van der Waals surface area contributed by atoms with Gasteiger partial charge in [-0.25, -0.2) is 9.18 Å². The van der Waals surface area contributed by atoms with Crippen molar-refractivity contribution in [3.05, 3.63) is 75.3 Å². The first-order valence-electron chi connectivity index (χ1n) is 13.4. The summed E-state index contributed by atoms with van der Waals surface area (Å²) in [6.45, 7) is 6.56. The molecule has 1 aliphatic rings. The Morgan fingerprint density at radius 1 is 1.17 bits per heavy atom. The molecule has 0 aliphatic carbocycles. The first kappa shape index (κ1) is 28.4. The van der Waals surface area contributed by atoms with Crippen LogP contribution in [0.1, 0.15) is 39.2 Å². The molecule has 2 aromatic carbocycles. The number of ether oxygens (including phenoxy) is 2. The van der Waals surface area contributed by atoms with Crippen molar-refractivity contribution < 1.29 is 18.7 Å². The second-order valence-electron chi connectivity index (χ2n) is 11.0. The van der Waals surface area contributed by atoms with Crippen molar-refractivity contribution in [2.24, 2.45) is 7.05 Å². The largest absolute Gasteiger partial charge is 0.444 e. The summed E-state index contributed by atoms with van der Waals surface area (Å²) in [7, 11) is 1.57. The molecule has 1 amide bonds. The van der Waals surface area contributed by atoms with Crippen LogP contribution in [0.15, 0.2) is 53.3 Å². The Kier molecular flexibility index (Phi) is 7.90. The molecule has 0 saturated carbocycles. The number of hydrogen-bond acceptors (Lipinski definition) is 7. The van der Waals surface area contributed by atoms with Gasteiger partial charge in [-0.15, -0.1) is 0 Å². The van der Waals surface area contributed by atoms with Crippen molar-refractivity contribution in [1.82, 2.24) is 24.4 Å². The Morgan fingerprint density at radius 2 is 1.93 bits per heavy atom. The summed E-state index contributed by atoms with van der Waals surface area (Å²) >= 11 is 6.43. The topological polar surface area (TPSA) is 104 Å². The minimum Gasteiger partial charge on any atom is -0.444 e. The van der Waals surface area contributed by atoms with E-state index in [1.165, 1.54) is 22.8 Å². The molecule has 1 aliphatic heterocycles. The van der Waals surface area contributed by atoms with Crippen LogP contribution in [-0.4, -0.2) is 49.9 Å². The lowest BCUT2D eigenvalue weighted by Crippen LogP contribution is -2.49. The van der Waals surface area contributed by atoms with E-state index >= 15 is 0 Å². The van der Waals surface area contributed by atoms with Gasteiger partial charge in [-0.2, -0.15) is 9.97 Å². The van der Waals surface area contributed by atoms with Crippen LogP contribution >= 0.6 is 11.6 Å². The van der Waals surface area contributed by atoms with E-state index in [0.29, 0.717) is 35.4 Å². The highest BCUT2D eigenvalue weighted by atomic mass is 35.5. The molecule has 41 heavy (non-hydrogen) atoms. The maximum Gasteiger partial charge on any atom is 0.407 e. The lowest BCUT2D eigenvalue weighted by molar-refractivity contribution is 0.0499. The Hall–Kier alpha value is -4.12. The van der Waals surface area contributed by atoms with Crippen molar-refractivity contribution in [1.29, 1.82) is 0 Å². The zero-order valence-electron chi connectivity index (χ0n) is 23.4. The minimum atomic E-state index is -0.623. The molecule has 1 saturated heterocycles. The number of fused-ring (bicyclic) bond motifs is 1. The maximum absolute atomic E-state index is 14.2. The van der Waals surface area contributed by atoms with Crippen LogP contribution in [0.2, 0.25) is 5.02 Å². The van der Waals surface area contributed by atoms with Gasteiger partial charge in [0.15, 0.2) is 11.2 Å². The summed E-state index contributed by atoms with van der Waals surface area (Å²) in [6.07, 6.45) is 1.02. The third kappa shape index (κ3) is 6.45. The number of halogens is 2. The van der Waals surface area contributed by atoms with E-state index < -0.39 is 17.5 Å². The number of amides is 1. The molecule has 0 bridgehead atoms. The van der Waals surface area contributed by atoms with Crippen molar-refractivity contribution >= 4 is 34.8 Å². The molecular formula is C29H32ClFN6O4. The van der Waals surface area contributed by atoms with Crippen LogP contribution in [0.5, 0.6) is 11.8 Å². The molecule has 216 valence electrons. The maximum atomic E-state index is 14.2. The summed E-state index contributed by atoms with van der Waals surface area (Å²) in [5, 5.41) is 3.30. The summed E-state index contributed by atoms with van der Waals surface area (Å²) in [6, 6.07) is 13.0. The molecule has 2 aromatic heterocycles. The highest BCUT2D eigenvalue weighted by molar-refractivity contribution is 6.31. The zero-order valence-corrected chi connectivity index (χ0v) is 24.1. The number of nitrogens with zero attached hydrogens (tertiary/aromatic N) is 5. The molecule has 0 spiro atoms. The van der Waals surface area contributed by atoms with Gasteiger partial charge in [-0.1, -0.05) is 29.8 Å². The molecule has 0 radical (unpaired) electrons. The number of hydrogen-bond donors (Lipinski definition) is 1. The van der Waals surface area contributed by atoms with Gasteiger partial charge in [-0.3, -0.25) is 13.9 Å². The number of piperidine rings is 1. The number of anilines is 1. The molecule has 3 heterocycles. The molecule has 12 heteroatoms. The Morgan fingerprint density at radius 3 is 2.66 bits per heavy atom. The molecule has 1 N–H and O–H groups in total. The molecule has 10 nitrogen and oxygen atoms in total. The fourth-order valence-corrected chi connectivity index (χ4v) is 4.97. The molecule has 1 atom stereocenters. The van der Waals surface area contributed by atoms with Gasteiger partial charge in [0.05, 0.1) is 6.54 Å². The van der Waals surface area contributed by atoms with Gasteiger partial charge in [0.2, 0.25) is 5.95 Å². The summed E-state index contributed by atoms with van der Waals surface area (Å²) < 4.78 is 28.6. The standard InChI is InChI=1S/C29H32ClFN6O4/c1-29(2,3)41-28(39)32-20-9-8-14-36(17-20)26-33-24-23(37(26)16-18-15-19(31)12-13-22(18)30)25(38)35(4)27(34-24)40-21-10-6-5-7-11-21/h5-7,10-13,15,20H,8-9,14,16-17H2,1-4H3,(H,32,39)/t20-/m1/s1.